The Hall–Kier alpha value is -4.17. The Morgan fingerprint density at radius 2 is 1.58 bits per heavy atom. The summed E-state index contributed by atoms with van der Waals surface area (Å²) in [5.41, 5.74) is 4.68. The van der Waals surface area contributed by atoms with Crippen molar-refractivity contribution in [3.8, 4) is 0 Å². The van der Waals surface area contributed by atoms with Gasteiger partial charge in [0.1, 0.15) is 0 Å². The average Bonchev–Trinajstić information content (AvgIpc) is 3.24. The number of hydrazine groups is 1. The molecule has 1 atom stereocenters. The molecule has 2 N–H and O–H groups in total. The third kappa shape index (κ3) is 6.28. The van der Waals surface area contributed by atoms with Crippen LogP contribution in [0.1, 0.15) is 23.5 Å². The molecule has 184 valence electrons. The van der Waals surface area contributed by atoms with Crippen molar-refractivity contribution in [3.05, 3.63) is 101 Å². The van der Waals surface area contributed by atoms with Crippen LogP contribution in [0, 0.1) is 5.92 Å². The molecule has 3 aromatic carbocycles. The predicted octanol–water partition coefficient (Wildman–Crippen LogP) is 3.53. The first kappa shape index (κ1) is 24.9. The van der Waals surface area contributed by atoms with E-state index in [4.69, 9.17) is 16.3 Å². The number of nitrogens with one attached hydrogen (secondary N) is 2. The third-order valence-corrected chi connectivity index (χ3v) is 5.92. The van der Waals surface area contributed by atoms with Crippen LogP contribution in [0.2, 0.25) is 5.02 Å². The fourth-order valence-electron chi connectivity index (χ4n) is 3.98. The van der Waals surface area contributed by atoms with Crippen LogP contribution in [0.4, 0.5) is 5.69 Å². The van der Waals surface area contributed by atoms with E-state index in [-0.39, 0.29) is 13.0 Å². The van der Waals surface area contributed by atoms with Crippen LogP contribution in [0.25, 0.3) is 0 Å². The number of hydrogen-bond donors (Lipinski definition) is 2. The Kier molecular flexibility index (Phi) is 7.97. The van der Waals surface area contributed by atoms with Crippen molar-refractivity contribution in [3.63, 3.8) is 0 Å². The van der Waals surface area contributed by atoms with Gasteiger partial charge in [0.15, 0.2) is 6.61 Å². The number of carbonyl (C=O) groups is 4. The first-order valence-corrected chi connectivity index (χ1v) is 11.7. The lowest BCUT2D eigenvalue weighted by Crippen LogP contribution is -2.45. The smallest absolute Gasteiger partial charge is 0.311 e. The highest BCUT2D eigenvalue weighted by Crippen LogP contribution is 2.26. The Labute approximate surface area is 213 Å². The van der Waals surface area contributed by atoms with E-state index in [1.54, 1.807) is 24.3 Å². The number of carbonyl (C=O) groups excluding carboxylic acids is 4. The number of amides is 3. The average molecular weight is 506 g/mol. The molecule has 0 spiro atoms. The molecule has 1 saturated heterocycles. The maximum atomic E-state index is 13.3. The minimum Gasteiger partial charge on any atom is -0.455 e. The van der Waals surface area contributed by atoms with E-state index in [0.29, 0.717) is 10.7 Å². The van der Waals surface area contributed by atoms with Crippen molar-refractivity contribution < 1.29 is 23.9 Å². The van der Waals surface area contributed by atoms with Crippen molar-refractivity contribution >= 4 is 41.0 Å². The number of rotatable bonds is 8. The van der Waals surface area contributed by atoms with Crippen molar-refractivity contribution in [2.45, 2.75) is 12.3 Å². The summed E-state index contributed by atoms with van der Waals surface area (Å²) in [6.07, 6.45) is -0.129. The lowest BCUT2D eigenvalue weighted by Gasteiger charge is -2.23. The van der Waals surface area contributed by atoms with Gasteiger partial charge in [-0.3, -0.25) is 29.6 Å². The zero-order valence-corrected chi connectivity index (χ0v) is 20.0. The highest BCUT2D eigenvalue weighted by molar-refractivity contribution is 6.30. The highest BCUT2D eigenvalue weighted by atomic mass is 35.5. The van der Waals surface area contributed by atoms with Gasteiger partial charge in [-0.2, -0.15) is 0 Å². The molecule has 0 radical (unpaired) electrons. The Bertz CT molecular complexity index is 1210. The molecule has 4 rings (SSSR count). The van der Waals surface area contributed by atoms with E-state index >= 15 is 0 Å². The van der Waals surface area contributed by atoms with Crippen molar-refractivity contribution in [2.75, 3.05) is 18.5 Å². The van der Waals surface area contributed by atoms with Crippen LogP contribution >= 0.6 is 11.6 Å². The molecule has 1 fully saturated rings. The molecule has 0 saturated carbocycles. The first-order valence-electron chi connectivity index (χ1n) is 11.3. The number of benzene rings is 3. The molecule has 0 unspecified atom stereocenters. The van der Waals surface area contributed by atoms with Gasteiger partial charge in [-0.05, 0) is 29.3 Å². The van der Waals surface area contributed by atoms with E-state index in [1.165, 1.54) is 0 Å². The van der Waals surface area contributed by atoms with Crippen molar-refractivity contribution in [1.82, 2.24) is 10.4 Å². The van der Waals surface area contributed by atoms with Gasteiger partial charge in [0.25, 0.3) is 11.8 Å². The molecule has 0 aromatic heterocycles. The molecular formula is C27H24ClN3O5. The zero-order chi connectivity index (χ0) is 25.5. The van der Waals surface area contributed by atoms with Gasteiger partial charge in [-0.15, -0.1) is 0 Å². The molecule has 9 heteroatoms. The van der Waals surface area contributed by atoms with Gasteiger partial charge in [-0.1, -0.05) is 78.3 Å². The number of anilines is 1. The summed E-state index contributed by atoms with van der Waals surface area (Å²) in [5, 5.41) is 4.18. The van der Waals surface area contributed by atoms with Crippen LogP contribution in [-0.2, 0) is 23.9 Å². The van der Waals surface area contributed by atoms with Gasteiger partial charge >= 0.3 is 5.97 Å². The maximum Gasteiger partial charge on any atom is 0.311 e. The normalized spacial score (nSPS) is 15.0. The Morgan fingerprint density at radius 1 is 0.944 bits per heavy atom. The monoisotopic (exact) mass is 505 g/mol. The Balaban J connectivity index is 1.34. The van der Waals surface area contributed by atoms with Crippen LogP contribution in [-0.4, -0.2) is 41.9 Å². The van der Waals surface area contributed by atoms with Crippen molar-refractivity contribution in [2.24, 2.45) is 5.92 Å². The largest absolute Gasteiger partial charge is 0.455 e. The van der Waals surface area contributed by atoms with Gasteiger partial charge in [-0.25, -0.2) is 0 Å². The minimum atomic E-state index is -0.802. The molecule has 8 nitrogen and oxygen atoms in total. The van der Waals surface area contributed by atoms with Gasteiger partial charge in [0.05, 0.1) is 18.4 Å². The second-order valence-corrected chi connectivity index (χ2v) is 8.74. The quantitative estimate of drug-likeness (QED) is 0.456. The van der Waals surface area contributed by atoms with E-state index in [0.717, 1.165) is 16.1 Å². The fraction of sp³-hybridized carbons (Fsp3) is 0.185. The van der Waals surface area contributed by atoms with E-state index in [2.05, 4.69) is 10.7 Å². The van der Waals surface area contributed by atoms with Crippen LogP contribution in [0.15, 0.2) is 84.9 Å². The number of halogens is 1. The Morgan fingerprint density at radius 3 is 2.19 bits per heavy atom. The molecule has 0 bridgehead atoms. The summed E-state index contributed by atoms with van der Waals surface area (Å²) >= 11 is 5.89. The van der Waals surface area contributed by atoms with Crippen LogP contribution in [0.3, 0.4) is 0 Å². The predicted molar refractivity (Wildman–Crippen MR) is 134 cm³/mol. The minimum absolute atomic E-state index is 0.0460. The highest BCUT2D eigenvalue weighted by Gasteiger charge is 2.37. The van der Waals surface area contributed by atoms with Gasteiger partial charge in [0.2, 0.25) is 5.91 Å². The maximum absolute atomic E-state index is 13.3. The zero-order valence-electron chi connectivity index (χ0n) is 19.2. The second-order valence-electron chi connectivity index (χ2n) is 8.30. The second kappa shape index (κ2) is 11.5. The molecular weight excluding hydrogens is 482 g/mol. The van der Waals surface area contributed by atoms with E-state index < -0.39 is 42.1 Å². The topological polar surface area (TPSA) is 105 Å². The summed E-state index contributed by atoms with van der Waals surface area (Å²) in [6.45, 7) is -0.553. The lowest BCUT2D eigenvalue weighted by molar-refractivity contribution is -0.151. The standard InChI is InChI=1S/C27H24ClN3O5/c28-21-12-7-13-22(15-21)29-23(32)17-36-27(35)20-14-24(33)31(16-20)30-26(34)25(18-8-3-1-4-9-18)19-10-5-2-6-11-19/h1-13,15,20,25H,14,16-17H2,(H,29,32)(H,30,34)/t20-/m1/s1. The first-order chi connectivity index (χ1) is 17.4. The molecule has 1 aliphatic rings. The summed E-state index contributed by atoms with van der Waals surface area (Å²) in [4.78, 5) is 50.4. The lowest BCUT2D eigenvalue weighted by atomic mass is 9.91. The fourth-order valence-corrected chi connectivity index (χ4v) is 4.17. The van der Waals surface area contributed by atoms with Crippen LogP contribution < -0.4 is 10.7 Å². The van der Waals surface area contributed by atoms with Gasteiger partial charge in [0, 0.05) is 17.1 Å². The summed E-state index contributed by atoms with van der Waals surface area (Å²) in [6, 6.07) is 25.0. The van der Waals surface area contributed by atoms with E-state index in [9.17, 15) is 19.2 Å². The SMILES string of the molecule is O=C(COC(=O)[C@@H]1CC(=O)N(NC(=O)C(c2ccccc2)c2ccccc2)C1)Nc1cccc(Cl)c1. The molecule has 3 amide bonds. The third-order valence-electron chi connectivity index (χ3n) is 5.69. The summed E-state index contributed by atoms with van der Waals surface area (Å²) in [5.74, 6) is -3.47. The van der Waals surface area contributed by atoms with Crippen molar-refractivity contribution in [1.29, 1.82) is 0 Å². The molecule has 3 aromatic rings. The summed E-state index contributed by atoms with van der Waals surface area (Å²) in [7, 11) is 0. The van der Waals surface area contributed by atoms with E-state index in [1.807, 2.05) is 60.7 Å². The number of ether oxygens (including phenoxy) is 1. The summed E-state index contributed by atoms with van der Waals surface area (Å²) < 4.78 is 5.10. The van der Waals surface area contributed by atoms with Gasteiger partial charge < -0.3 is 10.1 Å². The molecule has 0 aliphatic carbocycles. The molecule has 1 aliphatic heterocycles. The van der Waals surface area contributed by atoms with Crippen LogP contribution in [0.5, 0.6) is 0 Å². The number of esters is 1. The molecule has 36 heavy (non-hydrogen) atoms. The molecule has 1 heterocycles. The number of nitrogens with zero attached hydrogens (tertiary/aromatic N) is 1. The number of hydrogen-bond acceptors (Lipinski definition) is 5.